The van der Waals surface area contributed by atoms with Crippen molar-refractivity contribution < 1.29 is 37.9 Å². The van der Waals surface area contributed by atoms with Gasteiger partial charge in [0.05, 0.1) is 102 Å². The zero-order chi connectivity index (χ0) is 86.8. The molecule has 2 aromatic heterocycles. The Morgan fingerprint density at radius 1 is 0.194 bits per heavy atom. The number of ether oxygens (including phenoxy) is 8. The molecule has 618 valence electrons. The van der Waals surface area contributed by atoms with Gasteiger partial charge in [-0.25, -0.2) is 9.98 Å². The van der Waals surface area contributed by atoms with E-state index in [1.807, 2.05) is 48.5 Å². The van der Waals surface area contributed by atoms with Crippen molar-refractivity contribution in [1.29, 1.82) is 0 Å². The lowest BCUT2D eigenvalue weighted by atomic mass is 9.80. The van der Waals surface area contributed by atoms with E-state index in [2.05, 4.69) is 287 Å². The van der Waals surface area contributed by atoms with Crippen LogP contribution < -0.4 is 48.6 Å². The fourth-order valence-corrected chi connectivity index (χ4v) is 20.1. The number of rotatable bonds is 20. The molecule has 1 aliphatic carbocycles. The molecule has 12 nitrogen and oxygen atoms in total. The van der Waals surface area contributed by atoms with Gasteiger partial charge in [-0.05, 0) is 198 Å². The minimum Gasteiger partial charge on any atom is -0.496 e. The predicted octanol–water partition coefficient (Wildman–Crippen LogP) is 24.5. The van der Waals surface area contributed by atoms with Gasteiger partial charge in [0.2, 0.25) is 0 Å². The number of nitrogens with zero attached hydrogens (tertiary/aromatic N) is 2. The number of aromatic amines is 2. The maximum atomic E-state index is 6.86. The molecule has 0 atom stereocenters. The lowest BCUT2D eigenvalue weighted by molar-refractivity contribution is 0.413. The topological polar surface area (TPSA) is 130 Å². The summed E-state index contributed by atoms with van der Waals surface area (Å²) >= 11 is 0. The summed E-state index contributed by atoms with van der Waals surface area (Å²) in [5.41, 5.74) is 35.6. The number of H-pyrrole nitrogens is 2. The van der Waals surface area contributed by atoms with Gasteiger partial charge in [-0.1, -0.05) is 216 Å². The molecule has 8 bridgehead atoms. The largest absolute Gasteiger partial charge is 0.496 e. The monoisotopic (exact) mass is 1630 g/mol. The van der Waals surface area contributed by atoms with Gasteiger partial charge in [0, 0.05) is 111 Å². The molecule has 3 aliphatic rings. The first-order valence-electron chi connectivity index (χ1n) is 42.0. The summed E-state index contributed by atoms with van der Waals surface area (Å²) in [6.07, 6.45) is 0. The van der Waals surface area contributed by atoms with Gasteiger partial charge in [-0.3, -0.25) is 0 Å². The second kappa shape index (κ2) is 33.6. The standard InChI is InChI=1S/C112H102N4O8/c1-61-53-65(5)89(66(6)54-61)101-105-93(73-37-21-29-45-81(73)117-13)95(75-39-23-31-47-83(75)119-15)107(113-105)102(90-67(7)55-62(2)56-68(90)8)109-97(77-41-25-33-49-85(77)121-17)99(79-43-27-35-51-87(79)123-19)111(115-109)104(92-71(11)59-64(4)60-72(92)12)112-100(80-44-28-36-52-88(80)124-20)98(78-42-26-34-50-86(78)122-18)110(116-112)103(91-69(9)57-63(3)58-70(91)10)108-96(76-40-24-32-48-84(76)120-16)94(106(101)114-108)74-38-22-30-46-82(74)118-14/h21-60,113,116H,1-20H3. The summed E-state index contributed by atoms with van der Waals surface area (Å²) in [7, 11) is 14.0. The molecule has 2 N–H and O–H groups in total. The van der Waals surface area contributed by atoms with E-state index in [1.54, 1.807) is 56.9 Å². The maximum absolute atomic E-state index is 6.86. The van der Waals surface area contributed by atoms with Gasteiger partial charge >= 0.3 is 0 Å². The SMILES string of the molecule is COc1ccccc1C1=C(c2ccccc2OC)C2=C(c3c(C)cc(C)cc3C)c3[nH]c(c(-c4ccccc4OC)c3-c3ccccc3OC)C(c3c(C)cc(C)cc3C)=C3N=C(C(c4ccccc4OC)=C3c3ccccc3OC)C(c3c(C)cc(C)cc3C)=c3[nH]c(c(-c4ccccc4OC)c3-c3ccccc3OC)=C(c3c(C)cc(C)cc3C)C1=N2. The third kappa shape index (κ3) is 13.8. The number of fused-ring (bicyclic) bond motifs is 10. The smallest absolute Gasteiger partial charge is 0.126 e. The van der Waals surface area contributed by atoms with Crippen molar-refractivity contribution in [2.75, 3.05) is 56.9 Å². The van der Waals surface area contributed by atoms with Crippen LogP contribution >= 0.6 is 0 Å². The predicted molar refractivity (Wildman–Crippen MR) is 509 cm³/mol. The number of hydrogen-bond donors (Lipinski definition) is 2. The van der Waals surface area contributed by atoms with Gasteiger partial charge in [0.15, 0.2) is 0 Å². The van der Waals surface area contributed by atoms with Crippen molar-refractivity contribution in [3.8, 4) is 90.5 Å². The normalized spacial score (nSPS) is 13.3. The number of aryl methyl sites for hydroxylation is 12. The van der Waals surface area contributed by atoms with Crippen LogP contribution in [0, 0.1) is 83.1 Å². The van der Waals surface area contributed by atoms with Crippen LogP contribution in [0.3, 0.4) is 0 Å². The second-order valence-electron chi connectivity index (χ2n) is 32.6. The van der Waals surface area contributed by atoms with Gasteiger partial charge < -0.3 is 47.9 Å². The highest BCUT2D eigenvalue weighted by Crippen LogP contribution is 2.59. The van der Waals surface area contributed by atoms with Crippen LogP contribution in [0.5, 0.6) is 46.0 Å². The maximum Gasteiger partial charge on any atom is 0.126 e. The van der Waals surface area contributed by atoms with Crippen LogP contribution in [-0.4, -0.2) is 78.3 Å². The number of allylic oxidation sites excluding steroid dienone is 4. The minimum absolute atomic E-state index is 0.615. The third-order valence-corrected chi connectivity index (χ3v) is 24.6. The Hall–Kier alpha value is -14.4. The summed E-state index contributed by atoms with van der Waals surface area (Å²) in [5, 5.41) is 1.42. The number of para-hydroxylation sites is 8. The van der Waals surface area contributed by atoms with Crippen molar-refractivity contribution in [3.05, 3.63) is 387 Å². The van der Waals surface area contributed by atoms with Crippen LogP contribution in [0.1, 0.15) is 123 Å². The van der Waals surface area contributed by atoms with E-state index in [-0.39, 0.29) is 0 Å². The fourth-order valence-electron chi connectivity index (χ4n) is 20.1. The molecule has 14 aromatic rings. The molecule has 0 fully saturated rings. The van der Waals surface area contributed by atoms with E-state index in [4.69, 9.17) is 47.9 Å². The lowest BCUT2D eigenvalue weighted by Crippen LogP contribution is -2.25. The summed E-state index contributed by atoms with van der Waals surface area (Å²) in [6.45, 7) is 26.5. The molecule has 0 unspecified atom stereocenters. The number of benzene rings is 12. The van der Waals surface area contributed by atoms with Crippen LogP contribution in [0.2, 0.25) is 0 Å². The Balaban J connectivity index is 1.36. The number of methoxy groups -OCH3 is 8. The summed E-state index contributed by atoms with van der Waals surface area (Å²) in [6, 6.07) is 85.3. The van der Waals surface area contributed by atoms with Crippen LogP contribution in [0.15, 0.2) is 264 Å². The minimum atomic E-state index is 0.615. The first-order chi connectivity index (χ1) is 60.2. The molecule has 0 radical (unpaired) electrons. The van der Waals surface area contributed by atoms with Gasteiger partial charge in [-0.2, -0.15) is 0 Å². The summed E-state index contributed by atoms with van der Waals surface area (Å²) in [5.74, 6) is 4.95. The summed E-state index contributed by atoms with van der Waals surface area (Å²) < 4.78 is 54.9. The highest BCUT2D eigenvalue weighted by Gasteiger charge is 2.44. The van der Waals surface area contributed by atoms with Crippen molar-refractivity contribution in [2.24, 2.45) is 9.98 Å². The molecule has 0 saturated heterocycles. The molecular weight excluding hydrogens is 1530 g/mol. The van der Waals surface area contributed by atoms with Crippen LogP contribution in [0.25, 0.3) is 89.1 Å². The van der Waals surface area contributed by atoms with Gasteiger partial charge in [0.1, 0.15) is 46.0 Å². The molecule has 12 heteroatoms. The van der Waals surface area contributed by atoms with E-state index >= 15 is 0 Å². The average Bonchev–Trinajstić information content (AvgIpc) is 1.53. The fraction of sp³-hybridized carbons (Fsp3) is 0.179. The molecule has 4 heterocycles. The molecule has 2 aliphatic heterocycles. The number of aromatic nitrogens is 2. The molecule has 12 aromatic carbocycles. The van der Waals surface area contributed by atoms with Crippen molar-refractivity contribution in [1.82, 2.24) is 9.97 Å². The quantitative estimate of drug-likeness (QED) is 0.0772. The van der Waals surface area contributed by atoms with E-state index < -0.39 is 0 Å². The zero-order valence-corrected chi connectivity index (χ0v) is 74.3. The van der Waals surface area contributed by atoms with Crippen molar-refractivity contribution >= 4 is 56.0 Å². The number of hydrogen-bond acceptors (Lipinski definition) is 10. The Kier molecular flexibility index (Phi) is 22.2. The lowest BCUT2D eigenvalue weighted by Gasteiger charge is -2.22. The Bertz CT molecular complexity index is 6590. The molecule has 0 amide bonds. The van der Waals surface area contributed by atoms with Gasteiger partial charge in [-0.15, -0.1) is 0 Å². The van der Waals surface area contributed by atoms with Gasteiger partial charge in [0.25, 0.3) is 0 Å². The van der Waals surface area contributed by atoms with Crippen LogP contribution in [-0.2, 0) is 0 Å². The Morgan fingerprint density at radius 2 is 0.387 bits per heavy atom. The number of aliphatic imine (C=N–C) groups is 2. The molecule has 0 saturated carbocycles. The van der Waals surface area contributed by atoms with Crippen molar-refractivity contribution in [3.63, 3.8) is 0 Å². The molecule has 17 rings (SSSR count). The molecular formula is C112H102N4O8. The highest BCUT2D eigenvalue weighted by atomic mass is 16.5. The Morgan fingerprint density at radius 3 is 0.621 bits per heavy atom. The summed E-state index contributed by atoms with van der Waals surface area (Å²) in [4.78, 5) is 23.0. The van der Waals surface area contributed by atoms with E-state index in [1.165, 1.54) is 0 Å². The average molecular weight is 1630 g/mol. The number of nitrogens with one attached hydrogen (secondary N) is 2. The molecule has 124 heavy (non-hydrogen) atoms. The zero-order valence-electron chi connectivity index (χ0n) is 74.3. The van der Waals surface area contributed by atoms with Crippen molar-refractivity contribution in [2.45, 2.75) is 83.1 Å². The highest BCUT2D eigenvalue weighted by molar-refractivity contribution is 6.54. The van der Waals surface area contributed by atoms with E-state index in [0.717, 1.165) is 200 Å². The van der Waals surface area contributed by atoms with E-state index in [9.17, 15) is 0 Å². The second-order valence-corrected chi connectivity index (χ2v) is 32.6. The van der Waals surface area contributed by atoms with Crippen LogP contribution in [0.4, 0.5) is 0 Å². The first-order valence-corrected chi connectivity index (χ1v) is 42.0. The Labute approximate surface area is 727 Å². The third-order valence-electron chi connectivity index (χ3n) is 24.6. The molecule has 0 spiro atoms. The van der Waals surface area contributed by atoms with E-state index in [0.29, 0.717) is 90.9 Å². The first kappa shape index (κ1) is 82.0.